The first-order valence-electron chi connectivity index (χ1n) is 7.06. The Bertz CT molecular complexity index is 864. The Balaban J connectivity index is 2.18. The lowest BCUT2D eigenvalue weighted by atomic mass is 10.2. The van der Waals surface area contributed by atoms with Crippen molar-refractivity contribution in [1.29, 1.82) is 0 Å². The number of amides is 2. The Hall–Kier alpha value is -2.44. The molecule has 0 aromatic carbocycles. The van der Waals surface area contributed by atoms with E-state index < -0.39 is 28.8 Å². The minimum Gasteiger partial charge on any atom is -0.496 e. The number of rotatable bonds is 7. The van der Waals surface area contributed by atoms with Crippen molar-refractivity contribution in [3.63, 3.8) is 0 Å². The lowest BCUT2D eigenvalue weighted by Crippen LogP contribution is -2.34. The minimum atomic E-state index is -4.31. The van der Waals surface area contributed by atoms with Crippen LogP contribution in [0.1, 0.15) is 11.7 Å². The predicted molar refractivity (Wildman–Crippen MR) is 91.9 cm³/mol. The lowest BCUT2D eigenvalue weighted by Gasteiger charge is -2.11. The fourth-order valence-corrected chi connectivity index (χ4v) is 4.31. The van der Waals surface area contributed by atoms with E-state index in [9.17, 15) is 22.7 Å². The van der Waals surface area contributed by atoms with Gasteiger partial charge >= 0.3 is 6.03 Å². The van der Waals surface area contributed by atoms with Gasteiger partial charge in [0, 0.05) is 17.7 Å². The van der Waals surface area contributed by atoms with Crippen molar-refractivity contribution < 1.29 is 32.2 Å². The Morgan fingerprint density at radius 3 is 2.73 bits per heavy atom. The van der Waals surface area contributed by atoms with Gasteiger partial charge in [0.25, 0.3) is 10.0 Å². The first-order valence-corrected chi connectivity index (χ1v) is 9.42. The van der Waals surface area contributed by atoms with Gasteiger partial charge in [0.15, 0.2) is 0 Å². The summed E-state index contributed by atoms with van der Waals surface area (Å²) >= 11 is 0.748. The number of carbonyl (C=O) groups excluding carboxylic acids is 1. The van der Waals surface area contributed by atoms with Crippen molar-refractivity contribution in [2.24, 2.45) is 0 Å². The highest BCUT2D eigenvalue weighted by molar-refractivity contribution is 7.92. The summed E-state index contributed by atoms with van der Waals surface area (Å²) in [6, 6.07) is 3.01. The van der Waals surface area contributed by atoms with Gasteiger partial charge in [-0.15, -0.1) is 11.3 Å². The molecule has 0 spiro atoms. The SMILES string of the molecule is COc1cc(NC(=O)NS(=O)(=O)c2sccc2C(O)CF)nc(OC)c1. The minimum absolute atomic E-state index is 0.0101. The smallest absolute Gasteiger partial charge is 0.334 e. The van der Waals surface area contributed by atoms with E-state index in [0.29, 0.717) is 5.75 Å². The molecule has 1 atom stereocenters. The van der Waals surface area contributed by atoms with Gasteiger partial charge in [-0.05, 0) is 11.4 Å². The molecule has 26 heavy (non-hydrogen) atoms. The highest BCUT2D eigenvalue weighted by Gasteiger charge is 2.26. The van der Waals surface area contributed by atoms with Crippen LogP contribution >= 0.6 is 11.3 Å². The molecule has 2 rings (SSSR count). The van der Waals surface area contributed by atoms with Gasteiger partial charge in [0.05, 0.1) is 14.2 Å². The number of hydrogen-bond acceptors (Lipinski definition) is 8. The number of urea groups is 1. The first kappa shape index (κ1) is 19.9. The van der Waals surface area contributed by atoms with Crippen molar-refractivity contribution in [2.45, 2.75) is 10.3 Å². The van der Waals surface area contributed by atoms with Gasteiger partial charge in [-0.1, -0.05) is 0 Å². The number of ether oxygens (including phenoxy) is 2. The zero-order chi connectivity index (χ0) is 19.3. The zero-order valence-corrected chi connectivity index (χ0v) is 15.4. The number of anilines is 1. The molecular weight excluding hydrogens is 389 g/mol. The standard InChI is InChI=1S/C14H16FN3O6S2/c1-23-8-5-11(16-12(6-8)24-2)17-14(20)18-26(21,22)13-9(3-4-25-13)10(19)7-15/h3-6,10,19H,7H2,1-2H3,(H2,16,17,18,20). The Labute approximate surface area is 152 Å². The van der Waals surface area contributed by atoms with Crippen LogP contribution in [0.25, 0.3) is 0 Å². The van der Waals surface area contributed by atoms with Gasteiger partial charge < -0.3 is 14.6 Å². The Morgan fingerprint density at radius 1 is 1.38 bits per heavy atom. The summed E-state index contributed by atoms with van der Waals surface area (Å²) < 4.78 is 48.7. The second kappa shape index (κ2) is 8.29. The van der Waals surface area contributed by atoms with Crippen LogP contribution in [0.4, 0.5) is 15.0 Å². The molecule has 12 heteroatoms. The number of aliphatic hydroxyl groups is 1. The fourth-order valence-electron chi connectivity index (χ4n) is 1.93. The molecule has 1 unspecified atom stereocenters. The molecule has 2 aromatic heterocycles. The third kappa shape index (κ3) is 4.59. The van der Waals surface area contributed by atoms with Crippen molar-refractivity contribution in [3.05, 3.63) is 29.1 Å². The summed E-state index contributed by atoms with van der Waals surface area (Å²) in [5.41, 5.74) is -0.126. The molecule has 0 bridgehead atoms. The monoisotopic (exact) mass is 405 g/mol. The molecule has 0 aliphatic carbocycles. The number of thiophene rings is 1. The van der Waals surface area contributed by atoms with E-state index in [0.717, 1.165) is 11.3 Å². The molecule has 0 aliphatic rings. The number of halogens is 1. The third-order valence-corrected chi connectivity index (χ3v) is 5.94. The summed E-state index contributed by atoms with van der Waals surface area (Å²) in [5, 5.41) is 13.2. The van der Waals surface area contributed by atoms with Crippen LogP contribution in [0.3, 0.4) is 0 Å². The van der Waals surface area contributed by atoms with Crippen LogP contribution in [0, 0.1) is 0 Å². The second-order valence-electron chi connectivity index (χ2n) is 4.83. The van der Waals surface area contributed by atoms with Crippen molar-refractivity contribution in [2.75, 3.05) is 26.2 Å². The number of aromatic nitrogens is 1. The van der Waals surface area contributed by atoms with E-state index in [1.807, 2.05) is 0 Å². The molecule has 2 amide bonds. The number of methoxy groups -OCH3 is 2. The maximum atomic E-state index is 12.6. The predicted octanol–water partition coefficient (Wildman–Crippen LogP) is 1.67. The number of alkyl halides is 1. The number of nitrogens with zero attached hydrogens (tertiary/aromatic N) is 1. The quantitative estimate of drug-likeness (QED) is 0.639. The van der Waals surface area contributed by atoms with E-state index in [-0.39, 0.29) is 21.5 Å². The first-order chi connectivity index (χ1) is 12.3. The molecule has 0 saturated heterocycles. The molecule has 9 nitrogen and oxygen atoms in total. The maximum Gasteiger partial charge on any atom is 0.334 e. The lowest BCUT2D eigenvalue weighted by molar-refractivity contribution is 0.140. The number of pyridine rings is 1. The molecule has 0 radical (unpaired) electrons. The Kier molecular flexibility index (Phi) is 6.34. The van der Waals surface area contributed by atoms with E-state index in [1.54, 1.807) is 4.72 Å². The van der Waals surface area contributed by atoms with Gasteiger partial charge in [0.2, 0.25) is 5.88 Å². The average Bonchev–Trinajstić information content (AvgIpc) is 3.10. The summed E-state index contributed by atoms with van der Waals surface area (Å²) in [6.45, 7) is -1.15. The van der Waals surface area contributed by atoms with Crippen LogP contribution in [-0.2, 0) is 10.0 Å². The molecule has 2 heterocycles. The third-order valence-electron chi connectivity index (χ3n) is 3.10. The second-order valence-corrected chi connectivity index (χ2v) is 7.62. The highest BCUT2D eigenvalue weighted by Crippen LogP contribution is 2.28. The number of hydrogen-bond donors (Lipinski definition) is 3. The average molecular weight is 405 g/mol. The fraction of sp³-hybridized carbons (Fsp3) is 0.286. The van der Waals surface area contributed by atoms with Crippen LogP contribution in [0.5, 0.6) is 11.6 Å². The van der Waals surface area contributed by atoms with Gasteiger partial charge in [-0.25, -0.2) is 22.3 Å². The topological polar surface area (TPSA) is 127 Å². The van der Waals surface area contributed by atoms with Crippen molar-refractivity contribution >= 4 is 33.2 Å². The van der Waals surface area contributed by atoms with Crippen molar-refractivity contribution in [3.8, 4) is 11.6 Å². The maximum absolute atomic E-state index is 12.6. The summed E-state index contributed by atoms with van der Waals surface area (Å²) in [6.07, 6.45) is -1.60. The van der Waals surface area contributed by atoms with E-state index in [2.05, 4.69) is 10.3 Å². The van der Waals surface area contributed by atoms with Crippen LogP contribution < -0.4 is 19.5 Å². The summed E-state index contributed by atoms with van der Waals surface area (Å²) in [7, 11) is -1.55. The normalized spacial score (nSPS) is 12.3. The molecule has 0 aliphatic heterocycles. The van der Waals surface area contributed by atoms with Crippen LogP contribution in [-0.4, -0.2) is 45.4 Å². The zero-order valence-electron chi connectivity index (χ0n) is 13.7. The molecule has 3 N–H and O–H groups in total. The molecule has 0 fully saturated rings. The largest absolute Gasteiger partial charge is 0.496 e. The summed E-state index contributed by atoms with van der Waals surface area (Å²) in [4.78, 5) is 16.0. The van der Waals surface area contributed by atoms with Crippen LogP contribution in [0.2, 0.25) is 0 Å². The summed E-state index contributed by atoms with van der Waals surface area (Å²) in [5.74, 6) is 0.472. The molecule has 0 saturated carbocycles. The molecule has 142 valence electrons. The van der Waals surface area contributed by atoms with Crippen LogP contribution in [0.15, 0.2) is 27.8 Å². The van der Waals surface area contributed by atoms with Crippen molar-refractivity contribution in [1.82, 2.24) is 9.71 Å². The molecular formula is C14H16FN3O6S2. The number of nitrogens with one attached hydrogen (secondary N) is 2. The molecule has 2 aromatic rings. The number of aliphatic hydroxyl groups excluding tert-OH is 1. The number of sulfonamides is 1. The van der Waals surface area contributed by atoms with E-state index in [4.69, 9.17) is 9.47 Å². The van der Waals surface area contributed by atoms with E-state index in [1.165, 1.54) is 37.8 Å². The Morgan fingerprint density at radius 2 is 2.12 bits per heavy atom. The van der Waals surface area contributed by atoms with Gasteiger partial charge in [-0.3, -0.25) is 5.32 Å². The number of carbonyl (C=O) groups is 1. The highest BCUT2D eigenvalue weighted by atomic mass is 32.2. The van der Waals surface area contributed by atoms with Gasteiger partial charge in [-0.2, -0.15) is 4.98 Å². The van der Waals surface area contributed by atoms with E-state index >= 15 is 0 Å². The van der Waals surface area contributed by atoms with Gasteiger partial charge in [0.1, 0.15) is 28.6 Å².